The number of benzene rings is 2. The molecule has 2 aromatic rings. The van der Waals surface area contributed by atoms with E-state index in [0.717, 1.165) is 0 Å². The van der Waals surface area contributed by atoms with Gasteiger partial charge in [-0.25, -0.2) is 4.99 Å². The molecule has 2 aromatic carbocycles. The minimum atomic E-state index is -0.572. The van der Waals surface area contributed by atoms with Gasteiger partial charge in [0.05, 0.1) is 12.8 Å². The molecule has 0 unspecified atom stereocenters. The number of carbonyl (C=O) groups is 2. The number of ether oxygens (including phenoxy) is 1. The highest BCUT2D eigenvalue weighted by molar-refractivity contribution is 8.15. The SMILES string of the molecule is COc1cccc(N=C2S[C@H](C(=O)Nc3cccc(Cl)c3)CC(=O)N2C)c1. The Hall–Kier alpha value is -2.51. The molecule has 1 N–H and O–H groups in total. The maximum atomic E-state index is 12.6. The molecule has 2 amide bonds. The van der Waals surface area contributed by atoms with Crippen molar-refractivity contribution in [2.75, 3.05) is 19.5 Å². The lowest BCUT2D eigenvalue weighted by Gasteiger charge is -2.28. The van der Waals surface area contributed by atoms with Crippen LogP contribution in [0, 0.1) is 0 Å². The Labute approximate surface area is 166 Å². The minimum Gasteiger partial charge on any atom is -0.497 e. The molecule has 0 aliphatic carbocycles. The van der Waals surface area contributed by atoms with Gasteiger partial charge in [0.25, 0.3) is 0 Å². The third kappa shape index (κ3) is 4.81. The molecule has 8 heteroatoms. The molecule has 1 atom stereocenters. The first-order valence-corrected chi connectivity index (χ1v) is 9.44. The van der Waals surface area contributed by atoms with Crippen LogP contribution in [-0.2, 0) is 9.59 Å². The van der Waals surface area contributed by atoms with Crippen LogP contribution in [0.5, 0.6) is 5.75 Å². The summed E-state index contributed by atoms with van der Waals surface area (Å²) < 4.78 is 5.20. The number of nitrogens with one attached hydrogen (secondary N) is 1. The average molecular weight is 404 g/mol. The van der Waals surface area contributed by atoms with Crippen molar-refractivity contribution in [1.29, 1.82) is 0 Å². The lowest BCUT2D eigenvalue weighted by atomic mass is 10.2. The number of anilines is 1. The van der Waals surface area contributed by atoms with Gasteiger partial charge in [0, 0.05) is 30.2 Å². The zero-order valence-electron chi connectivity index (χ0n) is 14.8. The quantitative estimate of drug-likeness (QED) is 0.839. The van der Waals surface area contributed by atoms with E-state index >= 15 is 0 Å². The average Bonchev–Trinajstić information content (AvgIpc) is 2.65. The molecule has 1 saturated heterocycles. The van der Waals surface area contributed by atoms with E-state index in [1.807, 2.05) is 18.2 Å². The number of amidine groups is 1. The topological polar surface area (TPSA) is 71.0 Å². The fourth-order valence-electron chi connectivity index (χ4n) is 2.48. The molecule has 1 fully saturated rings. The Morgan fingerprint density at radius 3 is 2.81 bits per heavy atom. The van der Waals surface area contributed by atoms with Gasteiger partial charge < -0.3 is 10.1 Å². The van der Waals surface area contributed by atoms with Crippen LogP contribution in [0.1, 0.15) is 6.42 Å². The van der Waals surface area contributed by atoms with E-state index < -0.39 is 5.25 Å². The Morgan fingerprint density at radius 2 is 2.07 bits per heavy atom. The van der Waals surface area contributed by atoms with Gasteiger partial charge in [-0.3, -0.25) is 14.5 Å². The number of aliphatic imine (C=N–C) groups is 1. The number of amides is 2. The van der Waals surface area contributed by atoms with Crippen LogP contribution in [-0.4, -0.2) is 41.3 Å². The van der Waals surface area contributed by atoms with Gasteiger partial charge in [-0.2, -0.15) is 0 Å². The second-order valence-corrected chi connectivity index (χ2v) is 7.47. The number of nitrogens with zero attached hydrogens (tertiary/aromatic N) is 2. The van der Waals surface area contributed by atoms with Crippen molar-refractivity contribution in [3.8, 4) is 5.75 Å². The summed E-state index contributed by atoms with van der Waals surface area (Å²) in [6.45, 7) is 0. The molecule has 6 nitrogen and oxygen atoms in total. The summed E-state index contributed by atoms with van der Waals surface area (Å²) in [5, 5.41) is 3.22. The molecule has 0 radical (unpaired) electrons. The van der Waals surface area contributed by atoms with E-state index in [1.165, 1.54) is 16.7 Å². The highest BCUT2D eigenvalue weighted by atomic mass is 35.5. The molecule has 27 heavy (non-hydrogen) atoms. The van der Waals surface area contributed by atoms with Crippen molar-refractivity contribution in [2.24, 2.45) is 4.99 Å². The Kier molecular flexibility index (Phi) is 6.03. The van der Waals surface area contributed by atoms with Crippen LogP contribution in [0.15, 0.2) is 53.5 Å². The van der Waals surface area contributed by atoms with Crippen molar-refractivity contribution in [2.45, 2.75) is 11.7 Å². The summed E-state index contributed by atoms with van der Waals surface area (Å²) in [5.74, 6) is 0.241. The predicted molar refractivity (Wildman–Crippen MR) is 109 cm³/mol. The molecular weight excluding hydrogens is 386 g/mol. The van der Waals surface area contributed by atoms with Crippen molar-refractivity contribution >= 4 is 51.7 Å². The molecule has 140 valence electrons. The maximum absolute atomic E-state index is 12.6. The second kappa shape index (κ2) is 8.45. The van der Waals surface area contributed by atoms with Crippen LogP contribution < -0.4 is 10.1 Å². The normalized spacial score (nSPS) is 18.5. The van der Waals surface area contributed by atoms with Gasteiger partial charge >= 0.3 is 0 Å². The first kappa shape index (κ1) is 19.3. The molecule has 1 aliphatic heterocycles. The number of rotatable bonds is 4. The van der Waals surface area contributed by atoms with Gasteiger partial charge in [0.2, 0.25) is 11.8 Å². The lowest BCUT2D eigenvalue weighted by molar-refractivity contribution is -0.128. The van der Waals surface area contributed by atoms with Gasteiger partial charge in [0.15, 0.2) is 5.17 Å². The zero-order valence-corrected chi connectivity index (χ0v) is 16.4. The van der Waals surface area contributed by atoms with E-state index in [0.29, 0.717) is 27.3 Å². The minimum absolute atomic E-state index is 0.102. The van der Waals surface area contributed by atoms with Crippen LogP contribution >= 0.6 is 23.4 Å². The van der Waals surface area contributed by atoms with Crippen molar-refractivity contribution in [3.63, 3.8) is 0 Å². The van der Waals surface area contributed by atoms with Crippen LogP contribution in [0.3, 0.4) is 0 Å². The summed E-state index contributed by atoms with van der Waals surface area (Å²) >= 11 is 7.20. The van der Waals surface area contributed by atoms with E-state index in [-0.39, 0.29) is 18.2 Å². The molecule has 0 aromatic heterocycles. The fourth-order valence-corrected chi connectivity index (χ4v) is 3.73. The summed E-state index contributed by atoms with van der Waals surface area (Å²) in [4.78, 5) is 30.9. The van der Waals surface area contributed by atoms with E-state index in [2.05, 4.69) is 10.3 Å². The van der Waals surface area contributed by atoms with Gasteiger partial charge in [-0.15, -0.1) is 0 Å². The lowest BCUT2D eigenvalue weighted by Crippen LogP contribution is -2.43. The van der Waals surface area contributed by atoms with Gasteiger partial charge in [0.1, 0.15) is 11.0 Å². The number of halogens is 1. The highest BCUT2D eigenvalue weighted by Gasteiger charge is 2.34. The number of methoxy groups -OCH3 is 1. The third-order valence-corrected chi connectivity index (χ3v) is 5.41. The Balaban J connectivity index is 1.79. The van der Waals surface area contributed by atoms with Crippen molar-refractivity contribution in [3.05, 3.63) is 53.6 Å². The molecule has 0 bridgehead atoms. The predicted octanol–water partition coefficient (Wildman–Crippen LogP) is 3.94. The third-order valence-electron chi connectivity index (χ3n) is 3.93. The molecular formula is C19H18ClN3O3S. The van der Waals surface area contributed by atoms with Crippen LogP contribution in [0.2, 0.25) is 5.02 Å². The second-order valence-electron chi connectivity index (χ2n) is 5.86. The highest BCUT2D eigenvalue weighted by Crippen LogP contribution is 2.30. The molecule has 0 saturated carbocycles. The van der Waals surface area contributed by atoms with Crippen molar-refractivity contribution in [1.82, 2.24) is 4.90 Å². The Bertz CT molecular complexity index is 903. The number of hydrogen-bond acceptors (Lipinski definition) is 5. The smallest absolute Gasteiger partial charge is 0.238 e. The first-order valence-electron chi connectivity index (χ1n) is 8.18. The number of carbonyl (C=O) groups excluding carboxylic acids is 2. The molecule has 1 aliphatic rings. The fraction of sp³-hybridized carbons (Fsp3) is 0.211. The first-order chi connectivity index (χ1) is 13.0. The largest absolute Gasteiger partial charge is 0.497 e. The summed E-state index contributed by atoms with van der Waals surface area (Å²) in [6.07, 6.45) is 0.102. The molecule has 0 spiro atoms. The molecule has 1 heterocycles. The standard InChI is InChI=1S/C19H18ClN3O3S/c1-23-17(24)11-16(18(25)21-13-6-3-5-12(20)9-13)27-19(23)22-14-7-4-8-15(10-14)26-2/h3-10,16H,11H2,1-2H3,(H,21,25)/t16-/m0/s1. The van der Waals surface area contributed by atoms with E-state index in [1.54, 1.807) is 44.5 Å². The summed E-state index contributed by atoms with van der Waals surface area (Å²) in [5.41, 5.74) is 1.23. The molecule has 3 rings (SSSR count). The van der Waals surface area contributed by atoms with Crippen LogP contribution in [0.25, 0.3) is 0 Å². The zero-order chi connectivity index (χ0) is 19.4. The monoisotopic (exact) mass is 403 g/mol. The maximum Gasteiger partial charge on any atom is 0.238 e. The van der Waals surface area contributed by atoms with Crippen LogP contribution in [0.4, 0.5) is 11.4 Å². The summed E-state index contributed by atoms with van der Waals surface area (Å²) in [6, 6.07) is 14.1. The Morgan fingerprint density at radius 1 is 1.30 bits per heavy atom. The van der Waals surface area contributed by atoms with Crippen molar-refractivity contribution < 1.29 is 14.3 Å². The number of hydrogen-bond donors (Lipinski definition) is 1. The van der Waals surface area contributed by atoms with Gasteiger partial charge in [-0.05, 0) is 30.3 Å². The van der Waals surface area contributed by atoms with E-state index in [9.17, 15) is 9.59 Å². The number of thioether (sulfide) groups is 1. The van der Waals surface area contributed by atoms with Gasteiger partial charge in [-0.1, -0.05) is 35.5 Å². The van der Waals surface area contributed by atoms with E-state index in [4.69, 9.17) is 16.3 Å². The summed E-state index contributed by atoms with van der Waals surface area (Å²) in [7, 11) is 3.23.